The topological polar surface area (TPSA) is 194 Å². The Labute approximate surface area is 211 Å². The van der Waals surface area contributed by atoms with Crippen LogP contribution in [0.2, 0.25) is 0 Å². The molecule has 1 aromatic rings. The molecule has 0 bridgehead atoms. The van der Waals surface area contributed by atoms with Gasteiger partial charge in [-0.2, -0.15) is 0 Å². The van der Waals surface area contributed by atoms with Crippen LogP contribution < -0.4 is 27.4 Å². The predicted molar refractivity (Wildman–Crippen MR) is 134 cm³/mol. The van der Waals surface area contributed by atoms with Crippen molar-refractivity contribution in [3.05, 3.63) is 35.9 Å². The van der Waals surface area contributed by atoms with Gasteiger partial charge < -0.3 is 32.5 Å². The van der Waals surface area contributed by atoms with Crippen LogP contribution in [0.3, 0.4) is 0 Å². The van der Waals surface area contributed by atoms with Crippen LogP contribution in [0.15, 0.2) is 30.3 Å². The summed E-state index contributed by atoms with van der Waals surface area (Å²) in [4.78, 5) is 61.4. The molecule has 0 aliphatic rings. The van der Waals surface area contributed by atoms with E-state index in [4.69, 9.17) is 11.5 Å². The molecule has 0 aliphatic heterocycles. The van der Waals surface area contributed by atoms with E-state index in [1.807, 2.05) is 37.3 Å². The summed E-state index contributed by atoms with van der Waals surface area (Å²) in [7, 11) is 0. The van der Waals surface area contributed by atoms with Gasteiger partial charge in [-0.05, 0) is 30.2 Å². The van der Waals surface area contributed by atoms with E-state index >= 15 is 0 Å². The van der Waals surface area contributed by atoms with Crippen molar-refractivity contribution in [1.82, 2.24) is 16.0 Å². The highest BCUT2D eigenvalue weighted by Gasteiger charge is 2.33. The summed E-state index contributed by atoms with van der Waals surface area (Å²) in [5.41, 5.74) is 12.0. The lowest BCUT2D eigenvalue weighted by Crippen LogP contribution is -2.60. The van der Waals surface area contributed by atoms with Gasteiger partial charge in [-0.25, -0.2) is 4.79 Å². The second-order valence-electron chi connectivity index (χ2n) is 9.30. The molecule has 5 atom stereocenters. The molecule has 8 N–H and O–H groups in total. The van der Waals surface area contributed by atoms with Crippen molar-refractivity contribution in [3.8, 4) is 0 Å². The number of carbonyl (C=O) groups is 5. The molecule has 0 radical (unpaired) electrons. The molecule has 36 heavy (non-hydrogen) atoms. The van der Waals surface area contributed by atoms with E-state index in [0.717, 1.165) is 5.56 Å². The molecule has 200 valence electrons. The van der Waals surface area contributed by atoms with Gasteiger partial charge in [-0.15, -0.1) is 0 Å². The first-order chi connectivity index (χ1) is 16.9. The fraction of sp³-hybridized carbons (Fsp3) is 0.560. The minimum Gasteiger partial charge on any atom is -0.480 e. The normalized spacial score (nSPS) is 15.2. The van der Waals surface area contributed by atoms with Crippen molar-refractivity contribution in [2.24, 2.45) is 23.3 Å². The Morgan fingerprint density at radius 3 is 1.94 bits per heavy atom. The number of benzene rings is 1. The fourth-order valence-electron chi connectivity index (χ4n) is 3.51. The lowest BCUT2D eigenvalue weighted by Gasteiger charge is -2.29. The van der Waals surface area contributed by atoms with Crippen molar-refractivity contribution in [2.75, 3.05) is 0 Å². The monoisotopic (exact) mass is 505 g/mol. The molecule has 0 aromatic heterocycles. The highest BCUT2D eigenvalue weighted by Crippen LogP contribution is 2.12. The third kappa shape index (κ3) is 10.0. The zero-order valence-corrected chi connectivity index (χ0v) is 21.3. The number of amides is 4. The van der Waals surface area contributed by atoms with Gasteiger partial charge in [0.05, 0.1) is 6.04 Å². The van der Waals surface area contributed by atoms with Gasteiger partial charge in [0, 0.05) is 6.42 Å². The number of hydrogen-bond acceptors (Lipinski definition) is 6. The molecule has 1 rings (SSSR count). The number of aliphatic carboxylic acids is 1. The summed E-state index contributed by atoms with van der Waals surface area (Å²) in [5, 5.41) is 17.1. The molecular formula is C25H39N5O6. The van der Waals surface area contributed by atoms with Gasteiger partial charge in [0.15, 0.2) is 0 Å². The fourth-order valence-corrected chi connectivity index (χ4v) is 3.51. The molecule has 1 aromatic carbocycles. The number of nitrogens with one attached hydrogen (secondary N) is 3. The third-order valence-electron chi connectivity index (χ3n) is 5.97. The Bertz CT molecular complexity index is 907. The minimum absolute atomic E-state index is 0.181. The molecule has 11 nitrogen and oxygen atoms in total. The zero-order chi connectivity index (χ0) is 27.4. The molecule has 0 aliphatic carbocycles. The number of primary amides is 1. The second kappa shape index (κ2) is 14.8. The van der Waals surface area contributed by atoms with E-state index in [2.05, 4.69) is 16.0 Å². The highest BCUT2D eigenvalue weighted by molar-refractivity contribution is 5.94. The zero-order valence-electron chi connectivity index (χ0n) is 21.3. The summed E-state index contributed by atoms with van der Waals surface area (Å²) in [6.07, 6.45) is 0.459. The number of carboxylic acids is 1. The average Bonchev–Trinajstić information content (AvgIpc) is 2.82. The number of carbonyl (C=O) groups excluding carboxylic acids is 4. The van der Waals surface area contributed by atoms with Gasteiger partial charge in [-0.1, -0.05) is 64.4 Å². The lowest BCUT2D eigenvalue weighted by molar-refractivity contribution is -0.143. The first kappa shape index (κ1) is 30.6. The third-order valence-corrected chi connectivity index (χ3v) is 5.97. The van der Waals surface area contributed by atoms with E-state index in [-0.39, 0.29) is 18.8 Å². The van der Waals surface area contributed by atoms with E-state index in [1.165, 1.54) is 0 Å². The maximum Gasteiger partial charge on any atom is 0.326 e. The van der Waals surface area contributed by atoms with Crippen LogP contribution in [0.1, 0.15) is 52.5 Å². The number of rotatable bonds is 15. The smallest absolute Gasteiger partial charge is 0.326 e. The largest absolute Gasteiger partial charge is 0.480 e. The van der Waals surface area contributed by atoms with Crippen molar-refractivity contribution in [3.63, 3.8) is 0 Å². The van der Waals surface area contributed by atoms with Crippen LogP contribution in [0.25, 0.3) is 0 Å². The molecule has 0 spiro atoms. The number of nitrogens with two attached hydrogens (primary N) is 2. The van der Waals surface area contributed by atoms with Crippen LogP contribution in [-0.2, 0) is 30.4 Å². The van der Waals surface area contributed by atoms with Crippen molar-refractivity contribution < 1.29 is 29.1 Å². The van der Waals surface area contributed by atoms with Crippen LogP contribution in [-0.4, -0.2) is 58.9 Å². The molecule has 0 fully saturated rings. The molecule has 0 heterocycles. The first-order valence-electron chi connectivity index (χ1n) is 12.1. The lowest BCUT2D eigenvalue weighted by atomic mass is 9.95. The number of carboxylic acid groups (broad SMARTS) is 1. The van der Waals surface area contributed by atoms with Crippen LogP contribution in [0.4, 0.5) is 0 Å². The maximum atomic E-state index is 13.2. The standard InChI is InChI=1S/C25H39N5O6/c1-5-15(4)21(30-22(32)17(26)13-16-9-7-6-8-10-16)24(34)29-20(14(2)3)23(33)28-18(25(35)36)11-12-19(27)31/h6-10,14-15,17-18,20-21H,5,11-13,26H2,1-4H3,(H2,27,31)(H,28,33)(H,29,34)(H,30,32)(H,35,36). The van der Waals surface area contributed by atoms with E-state index in [0.29, 0.717) is 12.8 Å². The molecule has 11 heteroatoms. The van der Waals surface area contributed by atoms with E-state index in [9.17, 15) is 29.1 Å². The Morgan fingerprint density at radius 2 is 1.44 bits per heavy atom. The Balaban J connectivity index is 2.94. The van der Waals surface area contributed by atoms with Gasteiger partial charge in [0.25, 0.3) is 0 Å². The molecule has 5 unspecified atom stereocenters. The van der Waals surface area contributed by atoms with Crippen LogP contribution in [0, 0.1) is 11.8 Å². The maximum absolute atomic E-state index is 13.2. The van der Waals surface area contributed by atoms with Gasteiger partial charge in [0.1, 0.15) is 18.1 Å². The molecule has 0 saturated heterocycles. The summed E-state index contributed by atoms with van der Waals surface area (Å²) < 4.78 is 0. The Morgan fingerprint density at radius 1 is 0.889 bits per heavy atom. The van der Waals surface area contributed by atoms with E-state index in [1.54, 1.807) is 20.8 Å². The van der Waals surface area contributed by atoms with Crippen molar-refractivity contribution in [1.29, 1.82) is 0 Å². The second-order valence-corrected chi connectivity index (χ2v) is 9.30. The van der Waals surface area contributed by atoms with Crippen LogP contribution in [0.5, 0.6) is 0 Å². The predicted octanol–water partition coefficient (Wildman–Crippen LogP) is 0.0630. The Kier molecular flexibility index (Phi) is 12.6. The quantitative estimate of drug-likeness (QED) is 0.194. The summed E-state index contributed by atoms with van der Waals surface area (Å²) >= 11 is 0. The van der Waals surface area contributed by atoms with Crippen molar-refractivity contribution >= 4 is 29.6 Å². The summed E-state index contributed by atoms with van der Waals surface area (Å²) in [6, 6.07) is 5.00. The van der Waals surface area contributed by atoms with Gasteiger partial charge in [-0.3, -0.25) is 19.2 Å². The number of hydrogen-bond donors (Lipinski definition) is 6. The first-order valence-corrected chi connectivity index (χ1v) is 12.1. The highest BCUT2D eigenvalue weighted by atomic mass is 16.4. The van der Waals surface area contributed by atoms with Crippen molar-refractivity contribution in [2.45, 2.75) is 77.5 Å². The summed E-state index contributed by atoms with van der Waals surface area (Å²) in [6.45, 7) is 7.04. The average molecular weight is 506 g/mol. The van der Waals surface area contributed by atoms with E-state index < -0.39 is 59.7 Å². The van der Waals surface area contributed by atoms with Gasteiger partial charge in [0.2, 0.25) is 23.6 Å². The molecule has 4 amide bonds. The SMILES string of the molecule is CCC(C)C(NC(=O)C(N)Cc1ccccc1)C(=O)NC(C(=O)NC(CCC(N)=O)C(=O)O)C(C)C. The van der Waals surface area contributed by atoms with Crippen LogP contribution >= 0.6 is 0 Å². The molecule has 0 saturated carbocycles. The molecular weight excluding hydrogens is 466 g/mol. The Hall–Kier alpha value is -3.47. The summed E-state index contributed by atoms with van der Waals surface area (Å²) in [5.74, 6) is -4.48. The minimum atomic E-state index is -1.34. The van der Waals surface area contributed by atoms with Gasteiger partial charge >= 0.3 is 5.97 Å².